The fraction of sp³-hybridized carbons (Fsp3) is 0.333. The van der Waals surface area contributed by atoms with E-state index in [1.165, 1.54) is 0 Å². The molecule has 1 aliphatic heterocycles. The van der Waals surface area contributed by atoms with Crippen molar-refractivity contribution in [2.75, 3.05) is 18.0 Å². The molecule has 0 radical (unpaired) electrons. The lowest BCUT2D eigenvalue weighted by Crippen LogP contribution is -2.32. The van der Waals surface area contributed by atoms with Crippen LogP contribution in [0.4, 0.5) is 5.95 Å². The van der Waals surface area contributed by atoms with E-state index in [2.05, 4.69) is 31.7 Å². The van der Waals surface area contributed by atoms with Gasteiger partial charge in [0.15, 0.2) is 0 Å². The van der Waals surface area contributed by atoms with Gasteiger partial charge < -0.3 is 14.6 Å². The van der Waals surface area contributed by atoms with Gasteiger partial charge in [-0.3, -0.25) is 0 Å². The minimum absolute atomic E-state index is 0.583. The van der Waals surface area contributed by atoms with Gasteiger partial charge in [0, 0.05) is 62.3 Å². The molecule has 0 aliphatic carbocycles. The number of nitrogens with zero attached hydrogens (tertiary/aromatic N) is 6. The molecule has 0 aromatic carbocycles. The van der Waals surface area contributed by atoms with Gasteiger partial charge in [-0.25, -0.2) is 19.9 Å². The van der Waals surface area contributed by atoms with E-state index in [1.807, 2.05) is 29.4 Å². The van der Waals surface area contributed by atoms with E-state index >= 15 is 0 Å². The van der Waals surface area contributed by atoms with Crippen molar-refractivity contribution in [2.45, 2.75) is 24.9 Å². The van der Waals surface area contributed by atoms with Crippen molar-refractivity contribution in [1.82, 2.24) is 24.5 Å². The molecule has 4 aromatic rings. The average molecular weight is 439 g/mol. The van der Waals surface area contributed by atoms with Crippen LogP contribution < -0.4 is 4.90 Å². The second-order valence-corrected chi connectivity index (χ2v) is 9.19. The highest BCUT2D eigenvalue weighted by molar-refractivity contribution is 7.13. The largest absolute Gasteiger partial charge is 0.382 e. The smallest absolute Gasteiger partial charge is 0.225 e. The fourth-order valence-corrected chi connectivity index (χ4v) is 5.31. The molecule has 0 spiro atoms. The minimum atomic E-state index is -0.929. The first kappa shape index (κ1) is 19.3. The van der Waals surface area contributed by atoms with E-state index in [-0.39, 0.29) is 0 Å². The number of aromatic nitrogens is 5. The zero-order valence-corrected chi connectivity index (χ0v) is 18.2. The molecule has 0 saturated carbocycles. The monoisotopic (exact) mass is 438 g/mol. The predicted molar refractivity (Wildman–Crippen MR) is 120 cm³/mol. The van der Waals surface area contributed by atoms with E-state index in [0.29, 0.717) is 25.3 Å². The summed E-state index contributed by atoms with van der Waals surface area (Å²) in [7, 11) is 1.93. The fourth-order valence-electron chi connectivity index (χ4n) is 4.01. The summed E-state index contributed by atoms with van der Waals surface area (Å²) in [4.78, 5) is 20.7. The second kappa shape index (κ2) is 7.90. The molecule has 30 heavy (non-hydrogen) atoms. The summed E-state index contributed by atoms with van der Waals surface area (Å²) in [6.45, 7) is 1.46. The summed E-state index contributed by atoms with van der Waals surface area (Å²) in [6.07, 6.45) is 9.41. The van der Waals surface area contributed by atoms with Gasteiger partial charge in [-0.1, -0.05) is 0 Å². The molecule has 1 fully saturated rings. The van der Waals surface area contributed by atoms with Crippen molar-refractivity contribution < 1.29 is 5.11 Å². The highest BCUT2D eigenvalue weighted by Crippen LogP contribution is 2.35. The van der Waals surface area contributed by atoms with Crippen LogP contribution in [0.25, 0.3) is 21.8 Å². The maximum atomic E-state index is 11.3. The number of aliphatic hydroxyl groups is 1. The number of thiophene rings is 1. The Hall–Kier alpha value is -2.62. The molecule has 1 aliphatic rings. The quantitative estimate of drug-likeness (QED) is 0.520. The lowest BCUT2D eigenvalue weighted by molar-refractivity contribution is 0.0129. The van der Waals surface area contributed by atoms with Crippen LogP contribution in [0.15, 0.2) is 47.0 Å². The first-order chi connectivity index (χ1) is 14.6. The third kappa shape index (κ3) is 3.53. The van der Waals surface area contributed by atoms with Crippen molar-refractivity contribution in [3.05, 3.63) is 52.8 Å². The Kier molecular flexibility index (Phi) is 5.10. The lowest BCUT2D eigenvalue weighted by atomic mass is 9.94. The van der Waals surface area contributed by atoms with E-state index in [4.69, 9.17) is 9.97 Å². The molecule has 154 valence electrons. The number of rotatable bonds is 4. The van der Waals surface area contributed by atoms with Gasteiger partial charge in [0.25, 0.3) is 0 Å². The molecule has 7 nitrogen and oxygen atoms in total. The molecule has 1 atom stereocenters. The van der Waals surface area contributed by atoms with E-state index in [0.717, 1.165) is 40.6 Å². The maximum absolute atomic E-state index is 11.3. The summed E-state index contributed by atoms with van der Waals surface area (Å²) < 4.78 is 1.91. The minimum Gasteiger partial charge on any atom is -0.382 e. The summed E-state index contributed by atoms with van der Waals surface area (Å²) in [5.74, 6) is 1.41. The van der Waals surface area contributed by atoms with Gasteiger partial charge in [0.1, 0.15) is 22.1 Å². The van der Waals surface area contributed by atoms with Crippen molar-refractivity contribution in [3.8, 4) is 21.8 Å². The van der Waals surface area contributed by atoms with Crippen molar-refractivity contribution in [1.29, 1.82) is 0 Å². The van der Waals surface area contributed by atoms with Gasteiger partial charge in [0.2, 0.25) is 5.95 Å². The zero-order valence-electron chi connectivity index (χ0n) is 16.6. The number of hydrogen-bond donors (Lipinski definition) is 1. The Morgan fingerprint density at radius 3 is 2.77 bits per heavy atom. The Labute approximate surface area is 182 Å². The summed E-state index contributed by atoms with van der Waals surface area (Å²) >= 11 is 3.24. The molecule has 0 unspecified atom stereocenters. The number of imidazole rings is 1. The molecule has 9 heteroatoms. The van der Waals surface area contributed by atoms with E-state index < -0.39 is 5.60 Å². The highest BCUT2D eigenvalue weighted by atomic mass is 32.1. The van der Waals surface area contributed by atoms with Crippen molar-refractivity contribution in [3.63, 3.8) is 0 Å². The molecule has 0 bridgehead atoms. The topological polar surface area (TPSA) is 80.0 Å². The molecule has 1 saturated heterocycles. The van der Waals surface area contributed by atoms with E-state index in [1.54, 1.807) is 35.1 Å². The van der Waals surface area contributed by atoms with Crippen LogP contribution in [-0.4, -0.2) is 42.7 Å². The third-order valence-electron chi connectivity index (χ3n) is 5.58. The molecule has 5 rings (SSSR count). The number of anilines is 1. The third-order valence-corrected chi connectivity index (χ3v) is 7.04. The van der Waals surface area contributed by atoms with Crippen LogP contribution in [0.1, 0.15) is 25.1 Å². The normalized spacial score (nSPS) is 19.7. The number of hydrogen-bond acceptors (Lipinski definition) is 8. The van der Waals surface area contributed by atoms with Crippen LogP contribution in [0.2, 0.25) is 0 Å². The Bertz CT molecular complexity index is 1120. The SMILES string of the molecule is Cn1ccnc1[C@@]1(O)CCCN(c2ncc(-c3ccsc3)c(-c3nccs3)n2)CC1. The summed E-state index contributed by atoms with van der Waals surface area (Å²) in [5, 5.41) is 18.3. The zero-order chi connectivity index (χ0) is 20.6. The van der Waals surface area contributed by atoms with Gasteiger partial charge in [0.05, 0.1) is 0 Å². The molecule has 0 amide bonds. The van der Waals surface area contributed by atoms with Crippen LogP contribution >= 0.6 is 22.7 Å². The van der Waals surface area contributed by atoms with Gasteiger partial charge in [-0.2, -0.15) is 11.3 Å². The molecule has 5 heterocycles. The lowest BCUT2D eigenvalue weighted by Gasteiger charge is -2.26. The summed E-state index contributed by atoms with van der Waals surface area (Å²) in [5.41, 5.74) is 2.03. The summed E-state index contributed by atoms with van der Waals surface area (Å²) in [6, 6.07) is 2.08. The number of aryl methyl sites for hydroxylation is 1. The Balaban J connectivity index is 1.46. The van der Waals surface area contributed by atoms with Gasteiger partial charge >= 0.3 is 0 Å². The second-order valence-electron chi connectivity index (χ2n) is 7.52. The van der Waals surface area contributed by atoms with E-state index in [9.17, 15) is 5.11 Å². The molecular weight excluding hydrogens is 416 g/mol. The molecular formula is C21H22N6OS2. The standard InChI is InChI=1S/C21H22N6OS2/c1-26-10-6-23-19(26)21(28)4-2-8-27(9-5-21)20-24-13-16(15-3-11-29-14-15)17(25-20)18-22-7-12-30-18/h3,6-7,10-14,28H,2,4-5,8-9H2,1H3/t21-/m1/s1. The van der Waals surface area contributed by atoms with Crippen molar-refractivity contribution >= 4 is 28.6 Å². The van der Waals surface area contributed by atoms with Crippen molar-refractivity contribution in [2.24, 2.45) is 7.05 Å². The molecule has 1 N–H and O–H groups in total. The molecule has 4 aromatic heterocycles. The Morgan fingerprint density at radius 2 is 2.03 bits per heavy atom. The van der Waals surface area contributed by atoms with Crippen LogP contribution in [0, 0.1) is 0 Å². The highest BCUT2D eigenvalue weighted by Gasteiger charge is 2.36. The van der Waals surface area contributed by atoms with Crippen LogP contribution in [-0.2, 0) is 12.6 Å². The Morgan fingerprint density at radius 1 is 1.10 bits per heavy atom. The van der Waals surface area contributed by atoms with Crippen LogP contribution in [0.5, 0.6) is 0 Å². The average Bonchev–Trinajstić information content (AvgIpc) is 3.51. The maximum Gasteiger partial charge on any atom is 0.225 e. The van der Waals surface area contributed by atoms with Gasteiger partial charge in [-0.15, -0.1) is 11.3 Å². The first-order valence-electron chi connectivity index (χ1n) is 9.89. The number of thiazole rings is 1. The van der Waals surface area contributed by atoms with Crippen LogP contribution in [0.3, 0.4) is 0 Å². The van der Waals surface area contributed by atoms with Gasteiger partial charge in [-0.05, 0) is 35.2 Å². The predicted octanol–water partition coefficient (Wildman–Crippen LogP) is 3.94. The first-order valence-corrected chi connectivity index (χ1v) is 11.7.